The van der Waals surface area contributed by atoms with Gasteiger partial charge in [-0.1, -0.05) is 11.8 Å². The quantitative estimate of drug-likeness (QED) is 0.504. The number of alkyl halides is 3. The second-order valence-corrected chi connectivity index (χ2v) is 5.75. The number of nitrogens with two attached hydrogens (primary N) is 1. The van der Waals surface area contributed by atoms with Crippen molar-refractivity contribution in [2.75, 3.05) is 0 Å². The first-order valence-electron chi connectivity index (χ1n) is 5.36. The minimum absolute atomic E-state index is 0.0496. The van der Waals surface area contributed by atoms with E-state index >= 15 is 0 Å². The number of fused-ring (bicyclic) bond motifs is 1. The molecule has 6 atom stereocenters. The summed E-state index contributed by atoms with van der Waals surface area (Å²) in [5.41, 5.74) is 1.14. The summed E-state index contributed by atoms with van der Waals surface area (Å²) in [7, 11) is 0. The van der Waals surface area contributed by atoms with Crippen LogP contribution in [0, 0.1) is 0 Å². The van der Waals surface area contributed by atoms with Crippen molar-refractivity contribution in [3.05, 3.63) is 0 Å². The molecule has 2 aliphatic rings. The highest BCUT2D eigenvalue weighted by molar-refractivity contribution is 8.14. The molecule has 6 nitrogen and oxygen atoms in total. The number of aliphatic hydroxyl groups excluding tert-OH is 2. The second kappa shape index (κ2) is 4.48. The zero-order valence-electron chi connectivity index (χ0n) is 9.70. The Kier molecular flexibility index (Phi) is 3.51. The van der Waals surface area contributed by atoms with E-state index in [4.69, 9.17) is 10.5 Å². The third-order valence-electron chi connectivity index (χ3n) is 3.21. The Bertz CT molecular complexity index is 403. The van der Waals surface area contributed by atoms with Gasteiger partial charge in [-0.15, -0.1) is 0 Å². The Morgan fingerprint density at radius 3 is 2.42 bits per heavy atom. The number of aliphatic hydroxyl groups is 3. The molecule has 0 radical (unpaired) electrons. The largest absolute Gasteiger partial charge is 0.419 e. The number of aliphatic imine (C=N–C) groups is 1. The van der Waals surface area contributed by atoms with E-state index in [0.29, 0.717) is 6.92 Å². The van der Waals surface area contributed by atoms with Crippen molar-refractivity contribution >= 4 is 16.9 Å². The highest BCUT2D eigenvalue weighted by atomic mass is 32.2. The van der Waals surface area contributed by atoms with Crippen molar-refractivity contribution in [3.8, 4) is 0 Å². The average molecular weight is 302 g/mol. The number of hydrogen-bond acceptors (Lipinski definition) is 7. The van der Waals surface area contributed by atoms with Crippen LogP contribution in [-0.4, -0.2) is 62.1 Å². The molecule has 1 saturated heterocycles. The summed E-state index contributed by atoms with van der Waals surface area (Å²) >= 11 is 0.842. The van der Waals surface area contributed by atoms with Gasteiger partial charge in [0.25, 0.3) is 0 Å². The summed E-state index contributed by atoms with van der Waals surface area (Å²) in [4.78, 5) is 3.78. The summed E-state index contributed by atoms with van der Waals surface area (Å²) in [6.45, 7) is 0.484. The molecule has 0 aliphatic carbocycles. The Hall–Kier alpha value is -0.550. The first-order chi connectivity index (χ1) is 8.55. The zero-order chi connectivity index (χ0) is 14.6. The van der Waals surface area contributed by atoms with E-state index in [0.717, 1.165) is 11.8 Å². The normalized spacial score (nSPS) is 42.5. The van der Waals surface area contributed by atoms with Gasteiger partial charge in [-0.25, -0.2) is 0 Å². The molecule has 2 aliphatic heterocycles. The molecule has 0 unspecified atom stereocenters. The summed E-state index contributed by atoms with van der Waals surface area (Å²) < 4.78 is 43.3. The van der Waals surface area contributed by atoms with Crippen LogP contribution in [0.1, 0.15) is 6.92 Å². The van der Waals surface area contributed by atoms with Crippen LogP contribution in [0.5, 0.6) is 0 Å². The molecule has 5 N–H and O–H groups in total. The lowest BCUT2D eigenvalue weighted by Crippen LogP contribution is -2.66. The molecular weight excluding hydrogens is 289 g/mol. The molecule has 2 rings (SSSR count). The van der Waals surface area contributed by atoms with Crippen molar-refractivity contribution < 1.29 is 33.2 Å². The number of nitrogens with zero attached hydrogens (tertiary/aromatic N) is 1. The molecule has 0 bridgehead atoms. The van der Waals surface area contributed by atoms with Gasteiger partial charge < -0.3 is 25.8 Å². The minimum atomic E-state index is -5.01. The lowest BCUT2D eigenvalue weighted by Gasteiger charge is -2.44. The van der Waals surface area contributed by atoms with Crippen LogP contribution >= 0.6 is 11.8 Å². The maximum absolute atomic E-state index is 12.8. The lowest BCUT2D eigenvalue weighted by molar-refractivity contribution is -0.317. The predicted octanol–water partition coefficient (Wildman–Crippen LogP) is -0.824. The first-order valence-corrected chi connectivity index (χ1v) is 6.24. The van der Waals surface area contributed by atoms with Gasteiger partial charge in [0.2, 0.25) is 0 Å². The Labute approximate surface area is 110 Å². The highest BCUT2D eigenvalue weighted by Crippen LogP contribution is 2.42. The molecule has 10 heteroatoms. The summed E-state index contributed by atoms with van der Waals surface area (Å²) in [6.07, 6.45) is -10.5. The van der Waals surface area contributed by atoms with E-state index < -0.39 is 41.6 Å². The van der Waals surface area contributed by atoms with Crippen molar-refractivity contribution in [3.63, 3.8) is 0 Å². The van der Waals surface area contributed by atoms with Crippen molar-refractivity contribution in [2.24, 2.45) is 10.7 Å². The van der Waals surface area contributed by atoms with E-state index in [1.165, 1.54) is 0 Å². The molecule has 110 valence electrons. The summed E-state index contributed by atoms with van der Waals surface area (Å²) in [6, 6.07) is -0.944. The molecule has 0 aromatic rings. The van der Waals surface area contributed by atoms with Gasteiger partial charge in [-0.05, 0) is 6.92 Å². The highest BCUT2D eigenvalue weighted by Gasteiger charge is 2.62. The summed E-state index contributed by atoms with van der Waals surface area (Å²) in [5.74, 6) is 0. The average Bonchev–Trinajstić information content (AvgIpc) is 2.63. The molecule has 0 aromatic carbocycles. The number of halogens is 3. The van der Waals surface area contributed by atoms with Crippen LogP contribution in [0.4, 0.5) is 13.2 Å². The van der Waals surface area contributed by atoms with E-state index in [2.05, 4.69) is 4.99 Å². The van der Waals surface area contributed by atoms with Gasteiger partial charge in [0.15, 0.2) is 10.8 Å². The molecule has 0 spiro atoms. The maximum atomic E-state index is 12.8. The van der Waals surface area contributed by atoms with Crippen LogP contribution < -0.4 is 5.73 Å². The lowest BCUT2D eigenvalue weighted by atomic mass is 9.87. The van der Waals surface area contributed by atoms with Gasteiger partial charge in [-0.2, -0.15) is 13.2 Å². The minimum Gasteiger partial charge on any atom is -0.388 e. The second-order valence-electron chi connectivity index (χ2n) is 4.63. The van der Waals surface area contributed by atoms with Gasteiger partial charge in [0.1, 0.15) is 29.8 Å². The molecule has 0 amide bonds. The van der Waals surface area contributed by atoms with E-state index in [9.17, 15) is 28.5 Å². The third-order valence-corrected chi connectivity index (χ3v) is 4.18. The standard InChI is InChI=1S/C9H13F3N2O4S/c1-8(17,9(10,11)12)5-4(16)3(15)2-6(18-5)19-7(13)14-2/h2-6,15-17H,1H3,(H2,13,14)/t2-,3-,4+,5+,6-,8+/m1/s1. The third kappa shape index (κ3) is 2.31. The maximum Gasteiger partial charge on any atom is 0.419 e. The molecule has 0 saturated carbocycles. The van der Waals surface area contributed by atoms with Crippen LogP contribution in [0.2, 0.25) is 0 Å². The Morgan fingerprint density at radius 2 is 1.89 bits per heavy atom. The van der Waals surface area contributed by atoms with Crippen molar-refractivity contribution in [1.29, 1.82) is 0 Å². The summed E-state index contributed by atoms with van der Waals surface area (Å²) in [5, 5.41) is 29.1. The number of hydrogen-bond donors (Lipinski definition) is 4. The fraction of sp³-hybridized carbons (Fsp3) is 0.889. The SMILES string of the molecule is C[C@](O)([C@H]1O[C@@H]2SC(N)=N[C@@H]2[C@@H](O)[C@@H]1O)C(F)(F)F. The Morgan fingerprint density at radius 1 is 1.32 bits per heavy atom. The molecule has 2 heterocycles. The zero-order valence-corrected chi connectivity index (χ0v) is 10.5. The molecule has 19 heavy (non-hydrogen) atoms. The fourth-order valence-corrected chi connectivity index (χ4v) is 2.96. The Balaban J connectivity index is 2.26. The van der Waals surface area contributed by atoms with Crippen LogP contribution in [0.25, 0.3) is 0 Å². The van der Waals surface area contributed by atoms with Gasteiger partial charge >= 0.3 is 6.18 Å². The number of ether oxygens (including phenoxy) is 1. The number of thioether (sulfide) groups is 1. The smallest absolute Gasteiger partial charge is 0.388 e. The fourth-order valence-electron chi connectivity index (χ4n) is 2.00. The van der Waals surface area contributed by atoms with E-state index in [-0.39, 0.29) is 5.17 Å². The van der Waals surface area contributed by atoms with Crippen molar-refractivity contribution in [1.82, 2.24) is 0 Å². The molecular formula is C9H13F3N2O4S. The molecule has 0 aromatic heterocycles. The van der Waals surface area contributed by atoms with Gasteiger partial charge in [0, 0.05) is 0 Å². The number of amidine groups is 1. The molecule has 1 fully saturated rings. The van der Waals surface area contributed by atoms with Gasteiger partial charge in [0.05, 0.1) is 0 Å². The van der Waals surface area contributed by atoms with Crippen LogP contribution in [0.15, 0.2) is 4.99 Å². The first kappa shape index (κ1) is 14.9. The van der Waals surface area contributed by atoms with Gasteiger partial charge in [-0.3, -0.25) is 4.99 Å². The van der Waals surface area contributed by atoms with E-state index in [1.54, 1.807) is 0 Å². The predicted molar refractivity (Wildman–Crippen MR) is 60.4 cm³/mol. The monoisotopic (exact) mass is 302 g/mol. The van der Waals surface area contributed by atoms with Crippen LogP contribution in [0.3, 0.4) is 0 Å². The topological polar surface area (TPSA) is 108 Å². The van der Waals surface area contributed by atoms with Crippen molar-refractivity contribution in [2.45, 2.75) is 48.5 Å². The number of rotatable bonds is 1. The van der Waals surface area contributed by atoms with E-state index in [1.807, 2.05) is 0 Å². The van der Waals surface area contributed by atoms with Crippen LogP contribution in [-0.2, 0) is 4.74 Å².